The van der Waals surface area contributed by atoms with Crippen molar-refractivity contribution in [3.05, 3.63) is 29.8 Å². The monoisotopic (exact) mass is 276 g/mol. The van der Waals surface area contributed by atoms with Crippen molar-refractivity contribution >= 4 is 29.5 Å². The van der Waals surface area contributed by atoms with Crippen LogP contribution in [-0.4, -0.2) is 35.0 Å². The van der Waals surface area contributed by atoms with Crippen LogP contribution in [0.3, 0.4) is 0 Å². The zero-order valence-electron chi connectivity index (χ0n) is 9.86. The predicted molar refractivity (Wildman–Crippen MR) is 63.4 cm³/mol. The first-order valence-corrected chi connectivity index (χ1v) is 5.38. The minimum atomic E-state index is -1.53. The molecule has 0 spiro atoms. The Morgan fingerprint density at radius 3 is 2.30 bits per heavy atom. The number of benzene rings is 1. The van der Waals surface area contributed by atoms with E-state index in [1.54, 1.807) is 0 Å². The van der Waals surface area contributed by atoms with Gasteiger partial charge in [-0.15, -0.1) is 0 Å². The number of hydrogen-bond donors (Lipinski definition) is 3. The summed E-state index contributed by atoms with van der Waals surface area (Å²) in [7, 11) is 0. The van der Waals surface area contributed by atoms with Gasteiger partial charge in [-0.2, -0.15) is 10.2 Å². The number of amides is 4. The van der Waals surface area contributed by atoms with E-state index in [0.717, 1.165) is 0 Å². The number of nitrogens with one attached hydrogen (secondary N) is 2. The van der Waals surface area contributed by atoms with Gasteiger partial charge in [-0.1, -0.05) is 12.1 Å². The van der Waals surface area contributed by atoms with Gasteiger partial charge >= 0.3 is 12.0 Å². The lowest BCUT2D eigenvalue weighted by Gasteiger charge is -2.16. The standard InChI is InChI=1S/C11H8N4O5/c16-8-7(9(17)13-11(20)12-8)15-14-6-4-2-1-3-5(6)10(18)19/h1-4,7H,(H,18,19)(H2,12,13,16,17,20). The summed E-state index contributed by atoms with van der Waals surface area (Å²) in [5.41, 5.74) is -0.124. The first-order chi connectivity index (χ1) is 9.49. The molecule has 1 aromatic rings. The summed E-state index contributed by atoms with van der Waals surface area (Å²) in [6, 6.07) is 3.25. The van der Waals surface area contributed by atoms with Crippen LogP contribution in [0.15, 0.2) is 34.5 Å². The number of imide groups is 2. The van der Waals surface area contributed by atoms with Crippen LogP contribution in [0.5, 0.6) is 0 Å². The van der Waals surface area contributed by atoms with Gasteiger partial charge in [0.25, 0.3) is 11.8 Å². The van der Waals surface area contributed by atoms with Gasteiger partial charge in [-0.3, -0.25) is 20.2 Å². The SMILES string of the molecule is O=C1NC(=O)C(N=Nc2ccccc2C(=O)O)C(=O)N1. The number of urea groups is 1. The van der Waals surface area contributed by atoms with E-state index in [1.165, 1.54) is 24.3 Å². The molecule has 0 aliphatic carbocycles. The van der Waals surface area contributed by atoms with Crippen molar-refractivity contribution in [1.82, 2.24) is 10.6 Å². The van der Waals surface area contributed by atoms with Crippen LogP contribution in [0.1, 0.15) is 10.4 Å². The smallest absolute Gasteiger partial charge is 0.337 e. The highest BCUT2D eigenvalue weighted by molar-refractivity contribution is 6.18. The van der Waals surface area contributed by atoms with E-state index >= 15 is 0 Å². The first kappa shape index (κ1) is 13.3. The highest BCUT2D eigenvalue weighted by atomic mass is 16.4. The zero-order valence-corrected chi connectivity index (χ0v) is 9.86. The lowest BCUT2D eigenvalue weighted by molar-refractivity contribution is -0.131. The number of rotatable bonds is 3. The summed E-state index contributed by atoms with van der Waals surface area (Å²) in [5.74, 6) is -3.06. The molecule has 1 saturated heterocycles. The van der Waals surface area contributed by atoms with Gasteiger partial charge in [-0.05, 0) is 12.1 Å². The van der Waals surface area contributed by atoms with E-state index in [0.29, 0.717) is 0 Å². The molecule has 0 unspecified atom stereocenters. The summed E-state index contributed by atoms with van der Waals surface area (Å²) < 4.78 is 0. The summed E-state index contributed by atoms with van der Waals surface area (Å²) >= 11 is 0. The Morgan fingerprint density at radius 2 is 1.70 bits per heavy atom. The third kappa shape index (κ3) is 2.66. The molecule has 0 radical (unpaired) electrons. The fourth-order valence-electron chi connectivity index (χ4n) is 1.48. The molecule has 1 aliphatic rings. The Kier molecular flexibility index (Phi) is 3.51. The van der Waals surface area contributed by atoms with Crippen molar-refractivity contribution in [3.8, 4) is 0 Å². The first-order valence-electron chi connectivity index (χ1n) is 5.38. The summed E-state index contributed by atoms with van der Waals surface area (Å²) in [6.07, 6.45) is 0. The van der Waals surface area contributed by atoms with Crippen LogP contribution in [-0.2, 0) is 9.59 Å². The van der Waals surface area contributed by atoms with E-state index < -0.39 is 29.9 Å². The summed E-state index contributed by atoms with van der Waals surface area (Å²) in [6.45, 7) is 0. The lowest BCUT2D eigenvalue weighted by atomic mass is 10.2. The second-order valence-corrected chi connectivity index (χ2v) is 3.75. The highest BCUT2D eigenvalue weighted by Gasteiger charge is 2.34. The minimum absolute atomic E-state index is 0.00231. The average Bonchev–Trinajstić information content (AvgIpc) is 2.37. The quantitative estimate of drug-likeness (QED) is 0.535. The fourth-order valence-corrected chi connectivity index (χ4v) is 1.48. The minimum Gasteiger partial charge on any atom is -0.478 e. The van der Waals surface area contributed by atoms with Crippen molar-refractivity contribution in [2.24, 2.45) is 10.2 Å². The topological polar surface area (TPSA) is 137 Å². The third-order valence-corrected chi connectivity index (χ3v) is 2.39. The van der Waals surface area contributed by atoms with Crippen LogP contribution in [0.2, 0.25) is 0 Å². The highest BCUT2D eigenvalue weighted by Crippen LogP contribution is 2.19. The molecule has 0 aromatic heterocycles. The number of barbiturate groups is 1. The summed E-state index contributed by atoms with van der Waals surface area (Å²) in [4.78, 5) is 44.6. The van der Waals surface area contributed by atoms with Crippen molar-refractivity contribution in [1.29, 1.82) is 0 Å². The molecule has 9 heteroatoms. The van der Waals surface area contributed by atoms with Crippen molar-refractivity contribution in [2.45, 2.75) is 6.04 Å². The predicted octanol–water partition coefficient (Wildman–Crippen LogP) is 0.203. The molecule has 0 saturated carbocycles. The Labute approximate surface area is 111 Å². The Balaban J connectivity index is 2.25. The van der Waals surface area contributed by atoms with Gasteiger partial charge < -0.3 is 5.11 Å². The molecule has 0 atom stereocenters. The van der Waals surface area contributed by atoms with E-state index in [4.69, 9.17) is 5.11 Å². The van der Waals surface area contributed by atoms with Crippen LogP contribution >= 0.6 is 0 Å². The molecule has 102 valence electrons. The van der Waals surface area contributed by atoms with Crippen molar-refractivity contribution in [2.75, 3.05) is 0 Å². The molecule has 2 rings (SSSR count). The largest absolute Gasteiger partial charge is 0.478 e. The number of aromatic carboxylic acids is 1. The number of azo groups is 1. The Morgan fingerprint density at radius 1 is 1.10 bits per heavy atom. The molecular formula is C11H8N4O5. The maximum Gasteiger partial charge on any atom is 0.337 e. The normalized spacial score (nSPS) is 16.1. The van der Waals surface area contributed by atoms with E-state index in [2.05, 4.69) is 10.2 Å². The molecule has 3 N–H and O–H groups in total. The van der Waals surface area contributed by atoms with E-state index in [-0.39, 0.29) is 11.3 Å². The third-order valence-electron chi connectivity index (χ3n) is 2.39. The second-order valence-electron chi connectivity index (χ2n) is 3.75. The van der Waals surface area contributed by atoms with Crippen LogP contribution in [0.25, 0.3) is 0 Å². The van der Waals surface area contributed by atoms with Gasteiger partial charge in [0.05, 0.1) is 11.3 Å². The Bertz CT molecular complexity index is 619. The summed E-state index contributed by atoms with van der Waals surface area (Å²) in [5, 5.41) is 19.7. The van der Waals surface area contributed by atoms with Gasteiger partial charge in [0, 0.05) is 0 Å². The van der Waals surface area contributed by atoms with Gasteiger partial charge in [0.15, 0.2) is 0 Å². The number of carbonyl (C=O) groups is 4. The fraction of sp³-hybridized carbons (Fsp3) is 0.0909. The zero-order chi connectivity index (χ0) is 14.7. The molecule has 20 heavy (non-hydrogen) atoms. The second kappa shape index (κ2) is 5.26. The lowest BCUT2D eigenvalue weighted by Crippen LogP contribution is -2.57. The van der Waals surface area contributed by atoms with Gasteiger partial charge in [0.1, 0.15) is 0 Å². The van der Waals surface area contributed by atoms with Gasteiger partial charge in [-0.25, -0.2) is 9.59 Å². The van der Waals surface area contributed by atoms with Crippen LogP contribution in [0, 0.1) is 0 Å². The number of carbonyl (C=O) groups excluding carboxylic acids is 3. The van der Waals surface area contributed by atoms with Crippen molar-refractivity contribution in [3.63, 3.8) is 0 Å². The number of carboxylic acids is 1. The molecule has 4 amide bonds. The number of carboxylic acid groups (broad SMARTS) is 1. The number of hydrogen-bond acceptors (Lipinski definition) is 6. The molecule has 1 aliphatic heterocycles. The average molecular weight is 276 g/mol. The molecule has 1 fully saturated rings. The molecule has 1 aromatic carbocycles. The van der Waals surface area contributed by atoms with E-state index in [9.17, 15) is 19.2 Å². The van der Waals surface area contributed by atoms with Gasteiger partial charge in [0.2, 0.25) is 6.04 Å². The molecule has 0 bridgehead atoms. The van der Waals surface area contributed by atoms with E-state index in [1.807, 2.05) is 10.6 Å². The Hall–Kier alpha value is -3.10. The number of nitrogens with zero attached hydrogens (tertiary/aromatic N) is 2. The maximum atomic E-state index is 11.4. The van der Waals surface area contributed by atoms with Crippen LogP contribution < -0.4 is 10.6 Å². The van der Waals surface area contributed by atoms with Crippen molar-refractivity contribution < 1.29 is 24.3 Å². The molecule has 1 heterocycles. The molecular weight excluding hydrogens is 268 g/mol. The molecule has 9 nitrogen and oxygen atoms in total. The van der Waals surface area contributed by atoms with Crippen LogP contribution in [0.4, 0.5) is 10.5 Å². The maximum absolute atomic E-state index is 11.4.